The van der Waals surface area contributed by atoms with E-state index in [9.17, 15) is 22.8 Å². The quantitative estimate of drug-likeness (QED) is 0.364. The number of methoxy groups -OCH3 is 1. The Hall–Kier alpha value is -2.81. The van der Waals surface area contributed by atoms with Crippen LogP contribution in [0.5, 0.6) is 0 Å². The number of alkyl halides is 3. The summed E-state index contributed by atoms with van der Waals surface area (Å²) in [6.07, 6.45) is -4.49. The first kappa shape index (κ1) is 19.9. The first-order valence-electron chi connectivity index (χ1n) is 8.15. The molecule has 3 rings (SSSR count). The summed E-state index contributed by atoms with van der Waals surface area (Å²) >= 11 is 0.956. The average molecular weight is 408 g/mol. The van der Waals surface area contributed by atoms with Crippen LogP contribution in [0.3, 0.4) is 0 Å². The van der Waals surface area contributed by atoms with Gasteiger partial charge in [0.05, 0.1) is 23.6 Å². The molecule has 146 valence electrons. The second kappa shape index (κ2) is 8.05. The molecule has 0 spiro atoms. The number of benzene rings is 2. The minimum atomic E-state index is -4.49. The first-order valence-corrected chi connectivity index (χ1v) is 9.14. The monoisotopic (exact) mass is 408 g/mol. The van der Waals surface area contributed by atoms with Crippen LogP contribution in [0.2, 0.25) is 0 Å². The lowest BCUT2D eigenvalue weighted by molar-refractivity contribution is -0.141. The lowest BCUT2D eigenvalue weighted by Crippen LogP contribution is -2.27. The van der Waals surface area contributed by atoms with Crippen LogP contribution in [0.15, 0.2) is 58.5 Å². The molecular formula is C19H15F3N2O3S. The molecule has 2 aromatic carbocycles. The number of carbonyl (C=O) groups excluding carboxylic acids is 1. The van der Waals surface area contributed by atoms with E-state index in [1.807, 2.05) is 0 Å². The Kier molecular flexibility index (Phi) is 5.73. The molecule has 3 aromatic rings. The lowest BCUT2D eigenvalue weighted by atomic mass is 10.1. The fourth-order valence-corrected chi connectivity index (χ4v) is 3.66. The molecule has 0 aliphatic carbocycles. The Morgan fingerprint density at radius 3 is 2.54 bits per heavy atom. The summed E-state index contributed by atoms with van der Waals surface area (Å²) in [5.74, 6) is -0.724. The average Bonchev–Trinajstić information content (AvgIpc) is 2.68. The van der Waals surface area contributed by atoms with E-state index in [0.717, 1.165) is 22.4 Å². The van der Waals surface area contributed by atoms with Gasteiger partial charge in [0.2, 0.25) is 0 Å². The number of fused-ring (bicyclic) bond motifs is 1. The molecule has 28 heavy (non-hydrogen) atoms. The number of esters is 1. The summed E-state index contributed by atoms with van der Waals surface area (Å²) in [6.45, 7) is -0.379. The molecule has 0 saturated heterocycles. The number of para-hydroxylation sites is 1. The highest BCUT2D eigenvalue weighted by atomic mass is 32.2. The molecule has 0 fully saturated rings. The van der Waals surface area contributed by atoms with E-state index in [-0.39, 0.29) is 23.0 Å². The molecule has 0 aliphatic heterocycles. The Labute approximate surface area is 162 Å². The van der Waals surface area contributed by atoms with Crippen molar-refractivity contribution < 1.29 is 22.7 Å². The third-order valence-electron chi connectivity index (χ3n) is 4.02. The van der Waals surface area contributed by atoms with Crippen molar-refractivity contribution in [3.05, 3.63) is 70.0 Å². The standard InChI is InChI=1S/C19H15F3N2O3S/c1-27-16(25)10-24-17(26)13-7-3-5-9-15(13)23-18(24)28-11-12-6-2-4-8-14(12)19(20,21)22/h2-9H,10-11H2,1H3. The van der Waals surface area contributed by atoms with Crippen LogP contribution in [-0.2, 0) is 28.0 Å². The molecule has 1 heterocycles. The van der Waals surface area contributed by atoms with Crippen molar-refractivity contribution in [1.29, 1.82) is 0 Å². The first-order chi connectivity index (χ1) is 13.3. The van der Waals surface area contributed by atoms with Gasteiger partial charge in [0.1, 0.15) is 6.54 Å². The van der Waals surface area contributed by atoms with Crippen LogP contribution in [-0.4, -0.2) is 22.6 Å². The number of halogens is 3. The van der Waals surface area contributed by atoms with Crippen LogP contribution in [0.1, 0.15) is 11.1 Å². The largest absolute Gasteiger partial charge is 0.468 e. The minimum Gasteiger partial charge on any atom is -0.468 e. The number of aromatic nitrogens is 2. The second-order valence-electron chi connectivity index (χ2n) is 5.82. The summed E-state index contributed by atoms with van der Waals surface area (Å²) in [6, 6.07) is 11.8. The van der Waals surface area contributed by atoms with Crippen LogP contribution >= 0.6 is 11.8 Å². The van der Waals surface area contributed by atoms with Gasteiger partial charge < -0.3 is 4.74 Å². The zero-order valence-electron chi connectivity index (χ0n) is 14.7. The van der Waals surface area contributed by atoms with E-state index < -0.39 is 23.3 Å². The number of hydrogen-bond donors (Lipinski definition) is 0. The molecule has 0 N–H and O–H groups in total. The van der Waals surface area contributed by atoms with Gasteiger partial charge in [-0.25, -0.2) is 4.98 Å². The van der Waals surface area contributed by atoms with Crippen molar-refractivity contribution in [3.63, 3.8) is 0 Å². The maximum atomic E-state index is 13.2. The van der Waals surface area contributed by atoms with Crippen LogP contribution in [0.25, 0.3) is 10.9 Å². The maximum Gasteiger partial charge on any atom is 0.416 e. The number of hydrogen-bond acceptors (Lipinski definition) is 5. The normalized spacial score (nSPS) is 11.6. The fourth-order valence-electron chi connectivity index (χ4n) is 2.66. The Bertz CT molecular complexity index is 1080. The van der Waals surface area contributed by atoms with Crippen LogP contribution in [0.4, 0.5) is 13.2 Å². The van der Waals surface area contributed by atoms with E-state index in [2.05, 4.69) is 9.72 Å². The summed E-state index contributed by atoms with van der Waals surface area (Å²) in [5, 5.41) is 0.456. The maximum absolute atomic E-state index is 13.2. The second-order valence-corrected chi connectivity index (χ2v) is 6.77. The summed E-state index contributed by atoms with van der Waals surface area (Å²) in [5.41, 5.74) is -0.736. The minimum absolute atomic E-state index is 0.0621. The smallest absolute Gasteiger partial charge is 0.416 e. The van der Waals surface area contributed by atoms with Crippen molar-refractivity contribution in [2.24, 2.45) is 0 Å². The third-order valence-corrected chi connectivity index (χ3v) is 5.05. The fraction of sp³-hybridized carbons (Fsp3) is 0.211. The highest BCUT2D eigenvalue weighted by molar-refractivity contribution is 7.98. The van der Waals surface area contributed by atoms with Gasteiger partial charge >= 0.3 is 12.1 Å². The van der Waals surface area contributed by atoms with Crippen molar-refractivity contribution in [3.8, 4) is 0 Å². The van der Waals surface area contributed by atoms with Gasteiger partial charge in [-0.3, -0.25) is 14.2 Å². The SMILES string of the molecule is COC(=O)Cn1c(SCc2ccccc2C(F)(F)F)nc2ccccc2c1=O. The molecule has 0 atom stereocenters. The zero-order chi connectivity index (χ0) is 20.3. The Morgan fingerprint density at radius 1 is 1.14 bits per heavy atom. The third kappa shape index (κ3) is 4.19. The van der Waals surface area contributed by atoms with E-state index in [1.165, 1.54) is 25.3 Å². The Morgan fingerprint density at radius 2 is 1.82 bits per heavy atom. The number of nitrogens with zero attached hydrogens (tertiary/aromatic N) is 2. The predicted octanol–water partition coefficient (Wildman–Crippen LogP) is 3.88. The number of rotatable bonds is 5. The summed E-state index contributed by atoms with van der Waals surface area (Å²) in [7, 11) is 1.19. The van der Waals surface area contributed by atoms with Gasteiger partial charge in [-0.2, -0.15) is 13.2 Å². The van der Waals surface area contributed by atoms with E-state index >= 15 is 0 Å². The van der Waals surface area contributed by atoms with Gasteiger partial charge in [0.15, 0.2) is 5.16 Å². The molecule has 9 heteroatoms. The number of thioether (sulfide) groups is 1. The highest BCUT2D eigenvalue weighted by Crippen LogP contribution is 2.34. The Balaban J connectivity index is 2.02. The van der Waals surface area contributed by atoms with Crippen LogP contribution in [0, 0.1) is 0 Å². The molecule has 0 amide bonds. The van der Waals surface area contributed by atoms with Crippen LogP contribution < -0.4 is 5.56 Å². The van der Waals surface area contributed by atoms with Gasteiger partial charge in [0.25, 0.3) is 5.56 Å². The molecule has 0 bridgehead atoms. The van der Waals surface area contributed by atoms with Gasteiger partial charge in [-0.1, -0.05) is 42.1 Å². The summed E-state index contributed by atoms with van der Waals surface area (Å²) < 4.78 is 45.3. The molecule has 0 aliphatic rings. The molecule has 5 nitrogen and oxygen atoms in total. The van der Waals surface area contributed by atoms with E-state index in [4.69, 9.17) is 0 Å². The molecule has 0 unspecified atom stereocenters. The lowest BCUT2D eigenvalue weighted by Gasteiger charge is -2.14. The topological polar surface area (TPSA) is 61.2 Å². The number of ether oxygens (including phenoxy) is 1. The van der Waals surface area contributed by atoms with Crippen molar-refractivity contribution in [2.45, 2.75) is 23.6 Å². The zero-order valence-corrected chi connectivity index (χ0v) is 15.5. The summed E-state index contributed by atoms with van der Waals surface area (Å²) in [4.78, 5) is 28.8. The molecule has 0 saturated carbocycles. The van der Waals surface area contributed by atoms with E-state index in [1.54, 1.807) is 24.3 Å². The van der Waals surface area contributed by atoms with E-state index in [0.29, 0.717) is 10.9 Å². The predicted molar refractivity (Wildman–Crippen MR) is 99.0 cm³/mol. The van der Waals surface area contributed by atoms with Crippen molar-refractivity contribution in [1.82, 2.24) is 9.55 Å². The molecular weight excluding hydrogens is 393 g/mol. The van der Waals surface area contributed by atoms with Gasteiger partial charge in [-0.15, -0.1) is 0 Å². The van der Waals surface area contributed by atoms with Gasteiger partial charge in [-0.05, 0) is 23.8 Å². The van der Waals surface area contributed by atoms with Crippen molar-refractivity contribution >= 4 is 28.6 Å². The molecule has 0 radical (unpaired) electrons. The van der Waals surface area contributed by atoms with Gasteiger partial charge in [0, 0.05) is 5.75 Å². The number of carbonyl (C=O) groups is 1. The molecule has 1 aromatic heterocycles. The highest BCUT2D eigenvalue weighted by Gasteiger charge is 2.32. The van der Waals surface area contributed by atoms with Crippen molar-refractivity contribution in [2.75, 3.05) is 7.11 Å².